The van der Waals surface area contributed by atoms with Crippen LogP contribution in [-0.2, 0) is 11.3 Å². The number of furan rings is 1. The summed E-state index contributed by atoms with van der Waals surface area (Å²) in [6.45, 7) is 2.30. The largest absolute Gasteiger partial charge is 0.467 e. The Labute approximate surface area is 138 Å². The van der Waals surface area contributed by atoms with Crippen LogP contribution in [0, 0.1) is 0 Å². The van der Waals surface area contributed by atoms with Crippen LogP contribution in [0.1, 0.15) is 22.5 Å². The number of hydrogen-bond donors (Lipinski definition) is 1. The van der Waals surface area contributed by atoms with Gasteiger partial charge in [-0.2, -0.15) is 13.2 Å². The minimum absolute atomic E-state index is 0.0789. The molecule has 1 aliphatic rings. The lowest BCUT2D eigenvalue weighted by atomic mass is 10.2. The summed E-state index contributed by atoms with van der Waals surface area (Å²) in [5, 5.41) is 0. The van der Waals surface area contributed by atoms with Crippen LogP contribution in [0.25, 0.3) is 0 Å². The Morgan fingerprint density at radius 3 is 2.58 bits per heavy atom. The third kappa shape index (κ3) is 5.81. The number of halogens is 3. The minimum atomic E-state index is -4.27. The van der Waals surface area contributed by atoms with Gasteiger partial charge >= 0.3 is 6.18 Å². The number of amides is 1. The quantitative estimate of drug-likeness (QED) is 0.755. The lowest BCUT2D eigenvalue weighted by Crippen LogP contribution is -2.48. The van der Waals surface area contributed by atoms with Crippen molar-refractivity contribution < 1.29 is 27.1 Å². The first-order valence-corrected chi connectivity index (χ1v) is 7.82. The molecule has 1 aromatic heterocycles. The van der Waals surface area contributed by atoms with Crippen molar-refractivity contribution >= 4 is 5.91 Å². The van der Waals surface area contributed by atoms with Gasteiger partial charge in [0.05, 0.1) is 12.1 Å². The van der Waals surface area contributed by atoms with Crippen LogP contribution < -0.4 is 5.73 Å². The lowest BCUT2D eigenvalue weighted by molar-refractivity contribution is -0.174. The fourth-order valence-electron chi connectivity index (χ4n) is 2.54. The van der Waals surface area contributed by atoms with Gasteiger partial charge in [0.15, 0.2) is 0 Å². The van der Waals surface area contributed by atoms with Crippen LogP contribution in [0.2, 0.25) is 0 Å². The van der Waals surface area contributed by atoms with E-state index in [1.165, 1.54) is 6.26 Å². The first-order valence-electron chi connectivity index (χ1n) is 7.82. The molecule has 0 unspecified atom stereocenters. The van der Waals surface area contributed by atoms with Crippen LogP contribution in [0.4, 0.5) is 13.2 Å². The second kappa shape index (κ2) is 8.50. The Hall–Kier alpha value is -1.58. The molecule has 1 saturated heterocycles. The topological polar surface area (TPSA) is 71.9 Å². The predicted octanol–water partition coefficient (Wildman–Crippen LogP) is 1.47. The van der Waals surface area contributed by atoms with Gasteiger partial charge in [-0.15, -0.1) is 0 Å². The number of nitrogens with two attached hydrogens (primary N) is 1. The Kier molecular flexibility index (Phi) is 6.64. The van der Waals surface area contributed by atoms with E-state index in [1.807, 2.05) is 0 Å². The maximum Gasteiger partial charge on any atom is 0.411 e. The minimum Gasteiger partial charge on any atom is -0.467 e. The monoisotopic (exact) mass is 349 g/mol. The van der Waals surface area contributed by atoms with E-state index in [2.05, 4.69) is 9.64 Å². The molecule has 1 fully saturated rings. The zero-order chi connectivity index (χ0) is 17.6. The smallest absolute Gasteiger partial charge is 0.411 e. The summed E-state index contributed by atoms with van der Waals surface area (Å²) < 4.78 is 45.6. The summed E-state index contributed by atoms with van der Waals surface area (Å²) in [5.74, 6) is 0.474. The first-order chi connectivity index (χ1) is 11.4. The maximum absolute atomic E-state index is 12.3. The van der Waals surface area contributed by atoms with E-state index in [9.17, 15) is 18.0 Å². The van der Waals surface area contributed by atoms with E-state index in [0.717, 1.165) is 0 Å². The van der Waals surface area contributed by atoms with Crippen molar-refractivity contribution in [3.8, 4) is 0 Å². The maximum atomic E-state index is 12.3. The Balaban J connectivity index is 1.65. The van der Waals surface area contributed by atoms with Crippen LogP contribution >= 0.6 is 0 Å². The van der Waals surface area contributed by atoms with E-state index >= 15 is 0 Å². The number of piperazine rings is 1. The molecule has 0 radical (unpaired) electrons. The Bertz CT molecular complexity index is 526. The van der Waals surface area contributed by atoms with Gasteiger partial charge in [-0.25, -0.2) is 0 Å². The van der Waals surface area contributed by atoms with E-state index in [1.54, 1.807) is 11.0 Å². The van der Waals surface area contributed by atoms with Gasteiger partial charge in [-0.3, -0.25) is 9.69 Å². The van der Waals surface area contributed by atoms with Crippen molar-refractivity contribution in [1.29, 1.82) is 0 Å². The summed E-state index contributed by atoms with van der Waals surface area (Å²) in [7, 11) is 0. The molecule has 0 bridgehead atoms. The normalized spacial score (nSPS) is 16.6. The summed E-state index contributed by atoms with van der Waals surface area (Å²) >= 11 is 0. The van der Waals surface area contributed by atoms with Crippen LogP contribution in [0.5, 0.6) is 0 Å². The number of ether oxygens (including phenoxy) is 1. The van der Waals surface area contributed by atoms with E-state index < -0.39 is 12.8 Å². The molecule has 2 heterocycles. The van der Waals surface area contributed by atoms with Crippen LogP contribution in [0.3, 0.4) is 0 Å². The molecule has 0 aromatic carbocycles. The van der Waals surface area contributed by atoms with Gasteiger partial charge in [-0.1, -0.05) is 0 Å². The second-order valence-corrected chi connectivity index (χ2v) is 5.66. The molecule has 0 aliphatic carbocycles. The van der Waals surface area contributed by atoms with Gasteiger partial charge in [0.1, 0.15) is 18.6 Å². The number of rotatable bonds is 7. The van der Waals surface area contributed by atoms with Crippen molar-refractivity contribution in [3.63, 3.8) is 0 Å². The van der Waals surface area contributed by atoms with E-state index in [0.29, 0.717) is 50.5 Å². The highest BCUT2D eigenvalue weighted by Gasteiger charge is 2.27. The molecule has 2 rings (SSSR count). The average molecular weight is 349 g/mol. The standard InChI is InChI=1S/C15H22F3N3O3/c16-15(17,18)11-23-7-1-2-20-3-5-21(6-4-20)14(22)12-8-13(9-19)24-10-12/h8,10H,1-7,9,11,19H2. The van der Waals surface area contributed by atoms with Crippen LogP contribution in [0.15, 0.2) is 16.7 Å². The van der Waals surface area contributed by atoms with Crippen molar-refractivity contribution in [2.24, 2.45) is 5.73 Å². The van der Waals surface area contributed by atoms with Gasteiger partial charge < -0.3 is 19.8 Å². The number of nitrogens with zero attached hydrogens (tertiary/aromatic N) is 2. The zero-order valence-electron chi connectivity index (χ0n) is 13.3. The van der Waals surface area contributed by atoms with E-state index in [-0.39, 0.29) is 19.1 Å². The third-order valence-electron chi connectivity index (χ3n) is 3.79. The first kappa shape index (κ1) is 18.8. The molecule has 136 valence electrons. The summed E-state index contributed by atoms with van der Waals surface area (Å²) in [5.41, 5.74) is 5.94. The number of carbonyl (C=O) groups excluding carboxylic acids is 1. The van der Waals surface area contributed by atoms with Crippen LogP contribution in [-0.4, -0.2) is 67.8 Å². The lowest BCUT2D eigenvalue weighted by Gasteiger charge is -2.34. The Morgan fingerprint density at radius 1 is 1.29 bits per heavy atom. The zero-order valence-corrected chi connectivity index (χ0v) is 13.3. The van der Waals surface area contributed by atoms with Crippen molar-refractivity contribution in [2.45, 2.75) is 19.1 Å². The predicted molar refractivity (Wildman–Crippen MR) is 80.4 cm³/mol. The van der Waals surface area contributed by atoms with Gasteiger partial charge in [0.25, 0.3) is 5.91 Å². The average Bonchev–Trinajstić information content (AvgIpc) is 3.02. The fraction of sp³-hybridized carbons (Fsp3) is 0.667. The van der Waals surface area contributed by atoms with Gasteiger partial charge in [0, 0.05) is 39.3 Å². The van der Waals surface area contributed by atoms with Gasteiger partial charge in [0.2, 0.25) is 0 Å². The Morgan fingerprint density at radius 2 is 2.00 bits per heavy atom. The molecular weight excluding hydrogens is 327 g/mol. The molecule has 0 spiro atoms. The number of hydrogen-bond acceptors (Lipinski definition) is 5. The third-order valence-corrected chi connectivity index (χ3v) is 3.79. The van der Waals surface area contributed by atoms with Crippen molar-refractivity contribution in [3.05, 3.63) is 23.7 Å². The molecule has 24 heavy (non-hydrogen) atoms. The fourth-order valence-corrected chi connectivity index (χ4v) is 2.54. The highest BCUT2D eigenvalue weighted by atomic mass is 19.4. The summed E-state index contributed by atoms with van der Waals surface area (Å²) in [4.78, 5) is 16.2. The highest BCUT2D eigenvalue weighted by Crippen LogP contribution is 2.15. The van der Waals surface area contributed by atoms with E-state index in [4.69, 9.17) is 10.2 Å². The molecule has 1 aliphatic heterocycles. The summed E-state index contributed by atoms with van der Waals surface area (Å²) in [6, 6.07) is 1.65. The second-order valence-electron chi connectivity index (χ2n) is 5.66. The molecule has 1 aromatic rings. The van der Waals surface area contributed by atoms with Crippen molar-refractivity contribution in [1.82, 2.24) is 9.80 Å². The molecule has 9 heteroatoms. The van der Waals surface area contributed by atoms with Crippen molar-refractivity contribution in [2.75, 3.05) is 45.9 Å². The van der Waals surface area contributed by atoms with Gasteiger partial charge in [-0.05, 0) is 12.5 Å². The number of carbonyl (C=O) groups is 1. The SMILES string of the molecule is NCc1cc(C(=O)N2CCN(CCCOCC(F)(F)F)CC2)co1. The molecule has 0 saturated carbocycles. The summed E-state index contributed by atoms with van der Waals surface area (Å²) in [6.07, 6.45) is -2.33. The highest BCUT2D eigenvalue weighted by molar-refractivity contribution is 5.94. The number of alkyl halides is 3. The molecule has 1 amide bonds. The molecule has 6 nitrogen and oxygen atoms in total. The molecular formula is C15H22F3N3O3. The molecule has 2 N–H and O–H groups in total. The molecule has 0 atom stereocenters.